The number of hydrogen-bond acceptors (Lipinski definition) is 4. The number of carbonyl (C=O) groups is 2. The van der Waals surface area contributed by atoms with Gasteiger partial charge in [0.2, 0.25) is 11.8 Å². The van der Waals surface area contributed by atoms with Crippen molar-refractivity contribution in [1.82, 2.24) is 10.2 Å². The smallest absolute Gasteiger partial charge is 0.264 e. The van der Waals surface area contributed by atoms with Gasteiger partial charge in [-0.05, 0) is 68.3 Å². The van der Waals surface area contributed by atoms with E-state index in [1.54, 1.807) is 36.4 Å². The number of hydrogen-bond donors (Lipinski definition) is 1. The Bertz CT molecular complexity index is 1640. The Balaban J connectivity index is 1.79. The van der Waals surface area contributed by atoms with Crippen LogP contribution in [0.3, 0.4) is 0 Å². The van der Waals surface area contributed by atoms with Crippen LogP contribution in [0.15, 0.2) is 108 Å². The predicted octanol–water partition coefficient (Wildman–Crippen LogP) is 5.93. The lowest BCUT2D eigenvalue weighted by Crippen LogP contribution is -2.53. The lowest BCUT2D eigenvalue weighted by atomic mass is 10.0. The number of halogens is 1. The van der Waals surface area contributed by atoms with Gasteiger partial charge in [-0.3, -0.25) is 13.9 Å². The average molecular weight is 618 g/mol. The Kier molecular flexibility index (Phi) is 10.6. The molecule has 43 heavy (non-hydrogen) atoms. The molecule has 4 rings (SSSR count). The number of aryl methyl sites for hydroxylation is 2. The highest BCUT2D eigenvalue weighted by molar-refractivity contribution is 7.92. The minimum atomic E-state index is -4.16. The fourth-order valence-corrected chi connectivity index (χ4v) is 6.37. The molecule has 0 aliphatic heterocycles. The topological polar surface area (TPSA) is 86.8 Å². The van der Waals surface area contributed by atoms with Crippen molar-refractivity contribution in [1.29, 1.82) is 0 Å². The zero-order valence-corrected chi connectivity index (χ0v) is 26.1. The van der Waals surface area contributed by atoms with Crippen LogP contribution in [-0.2, 0) is 32.6 Å². The third-order valence-electron chi connectivity index (χ3n) is 7.06. The molecule has 1 atom stereocenters. The van der Waals surface area contributed by atoms with Crippen molar-refractivity contribution in [3.05, 3.63) is 130 Å². The summed E-state index contributed by atoms with van der Waals surface area (Å²) in [6, 6.07) is 29.0. The van der Waals surface area contributed by atoms with Gasteiger partial charge < -0.3 is 10.2 Å². The number of sulfonamides is 1. The van der Waals surface area contributed by atoms with Crippen LogP contribution in [0.5, 0.6) is 0 Å². The second-order valence-electron chi connectivity index (χ2n) is 10.4. The van der Waals surface area contributed by atoms with E-state index in [2.05, 4.69) is 5.32 Å². The molecule has 0 aliphatic rings. The van der Waals surface area contributed by atoms with E-state index >= 15 is 0 Å². The van der Waals surface area contributed by atoms with Gasteiger partial charge in [0.05, 0.1) is 10.6 Å². The zero-order chi connectivity index (χ0) is 31.0. The first-order valence-corrected chi connectivity index (χ1v) is 15.9. The Morgan fingerprint density at radius 2 is 1.47 bits per heavy atom. The van der Waals surface area contributed by atoms with Crippen molar-refractivity contribution in [3.8, 4) is 0 Å². The number of nitrogens with zero attached hydrogens (tertiary/aromatic N) is 2. The summed E-state index contributed by atoms with van der Waals surface area (Å²) in [6.07, 6.45) is 0.260. The monoisotopic (exact) mass is 617 g/mol. The third-order valence-corrected chi connectivity index (χ3v) is 9.10. The van der Waals surface area contributed by atoms with Crippen LogP contribution in [0.2, 0.25) is 5.02 Å². The van der Waals surface area contributed by atoms with E-state index in [1.807, 2.05) is 75.4 Å². The quantitative estimate of drug-likeness (QED) is 0.214. The number of benzene rings is 4. The molecule has 4 aromatic carbocycles. The molecule has 4 aromatic rings. The fraction of sp³-hybridized carbons (Fsp3) is 0.235. The van der Waals surface area contributed by atoms with Gasteiger partial charge >= 0.3 is 0 Å². The fourth-order valence-electron chi connectivity index (χ4n) is 4.83. The average Bonchev–Trinajstić information content (AvgIpc) is 2.99. The molecule has 0 aromatic heterocycles. The van der Waals surface area contributed by atoms with Gasteiger partial charge in [0.1, 0.15) is 12.6 Å². The number of likely N-dealkylation sites (N-methyl/N-ethyl adjacent to an activating group) is 1. The Morgan fingerprint density at radius 1 is 0.814 bits per heavy atom. The van der Waals surface area contributed by atoms with Crippen LogP contribution in [-0.4, -0.2) is 44.3 Å². The lowest BCUT2D eigenvalue weighted by Gasteiger charge is -2.34. The van der Waals surface area contributed by atoms with Crippen molar-refractivity contribution >= 4 is 39.1 Å². The van der Waals surface area contributed by atoms with Crippen molar-refractivity contribution in [2.24, 2.45) is 0 Å². The van der Waals surface area contributed by atoms with Crippen LogP contribution in [0.1, 0.15) is 29.2 Å². The summed E-state index contributed by atoms with van der Waals surface area (Å²) >= 11 is 6.12. The standard InChI is InChI=1S/C34H36ClN3O4S/c1-4-36-34(40)32(22-27-10-6-5-7-11-27)37(23-28-12-8-9-26(3)21-28)33(39)24-38(30-17-15-29(35)16-18-30)43(41,42)31-19-13-25(2)14-20-31/h5-21,32H,4,22-24H2,1-3H3,(H,36,40). The van der Waals surface area contributed by atoms with Crippen LogP contribution in [0, 0.1) is 13.8 Å². The van der Waals surface area contributed by atoms with E-state index in [9.17, 15) is 18.0 Å². The van der Waals surface area contributed by atoms with Gasteiger partial charge in [-0.25, -0.2) is 8.42 Å². The van der Waals surface area contributed by atoms with E-state index in [4.69, 9.17) is 11.6 Å². The molecule has 1 N–H and O–H groups in total. The molecule has 0 saturated carbocycles. The maximum absolute atomic E-state index is 14.4. The van der Waals surface area contributed by atoms with E-state index < -0.39 is 28.5 Å². The summed E-state index contributed by atoms with van der Waals surface area (Å²) in [6.45, 7) is 5.63. The molecule has 9 heteroatoms. The molecule has 7 nitrogen and oxygen atoms in total. The number of carbonyl (C=O) groups excluding carboxylic acids is 2. The molecule has 0 saturated heterocycles. The molecule has 0 fully saturated rings. The normalized spacial score (nSPS) is 11.9. The SMILES string of the molecule is CCNC(=O)C(Cc1ccccc1)N(Cc1cccc(C)c1)C(=O)CN(c1ccc(Cl)cc1)S(=O)(=O)c1ccc(C)cc1. The van der Waals surface area contributed by atoms with E-state index in [0.717, 1.165) is 26.6 Å². The van der Waals surface area contributed by atoms with Crippen LogP contribution in [0.25, 0.3) is 0 Å². The van der Waals surface area contributed by atoms with Gasteiger partial charge in [-0.1, -0.05) is 89.5 Å². The Hall–Kier alpha value is -4.14. The van der Waals surface area contributed by atoms with E-state index in [0.29, 0.717) is 11.6 Å². The second kappa shape index (κ2) is 14.4. The number of rotatable bonds is 12. The highest BCUT2D eigenvalue weighted by Gasteiger charge is 2.34. The molecule has 1 unspecified atom stereocenters. The summed E-state index contributed by atoms with van der Waals surface area (Å²) < 4.78 is 29.1. The van der Waals surface area contributed by atoms with Crippen molar-refractivity contribution in [2.45, 2.75) is 44.7 Å². The number of anilines is 1. The van der Waals surface area contributed by atoms with Crippen LogP contribution < -0.4 is 9.62 Å². The maximum atomic E-state index is 14.4. The highest BCUT2D eigenvalue weighted by Crippen LogP contribution is 2.26. The maximum Gasteiger partial charge on any atom is 0.264 e. The lowest BCUT2D eigenvalue weighted by molar-refractivity contribution is -0.140. The van der Waals surface area contributed by atoms with Gasteiger partial charge in [-0.2, -0.15) is 0 Å². The zero-order valence-electron chi connectivity index (χ0n) is 24.5. The minimum absolute atomic E-state index is 0.0515. The van der Waals surface area contributed by atoms with Gasteiger partial charge in [0, 0.05) is 24.5 Å². The van der Waals surface area contributed by atoms with Crippen molar-refractivity contribution in [2.75, 3.05) is 17.4 Å². The summed E-state index contributed by atoms with van der Waals surface area (Å²) in [4.78, 5) is 29.5. The summed E-state index contributed by atoms with van der Waals surface area (Å²) in [5.74, 6) is -0.828. The second-order valence-corrected chi connectivity index (χ2v) is 12.7. The Morgan fingerprint density at radius 3 is 2.09 bits per heavy atom. The van der Waals surface area contributed by atoms with Crippen LogP contribution in [0.4, 0.5) is 5.69 Å². The molecule has 2 amide bonds. The van der Waals surface area contributed by atoms with Gasteiger partial charge in [0.15, 0.2) is 0 Å². The summed E-state index contributed by atoms with van der Waals surface area (Å²) in [5.41, 5.74) is 3.90. The molecule has 0 radical (unpaired) electrons. The summed E-state index contributed by atoms with van der Waals surface area (Å²) in [7, 11) is -4.16. The predicted molar refractivity (Wildman–Crippen MR) is 172 cm³/mol. The molecular formula is C34H36ClN3O4S. The first-order chi connectivity index (χ1) is 20.6. The van der Waals surface area contributed by atoms with E-state index in [-0.39, 0.29) is 29.5 Å². The molecule has 0 heterocycles. The third kappa shape index (κ3) is 8.24. The number of amides is 2. The summed E-state index contributed by atoms with van der Waals surface area (Å²) in [5, 5.41) is 3.30. The molecule has 224 valence electrons. The molecule has 0 bridgehead atoms. The van der Waals surface area contributed by atoms with Gasteiger partial charge in [-0.15, -0.1) is 0 Å². The largest absolute Gasteiger partial charge is 0.355 e. The molecule has 0 aliphatic carbocycles. The first-order valence-electron chi connectivity index (χ1n) is 14.1. The first kappa shape index (κ1) is 31.8. The Labute approximate surface area is 259 Å². The minimum Gasteiger partial charge on any atom is -0.355 e. The van der Waals surface area contributed by atoms with Gasteiger partial charge in [0.25, 0.3) is 10.0 Å². The van der Waals surface area contributed by atoms with Crippen LogP contribution >= 0.6 is 11.6 Å². The van der Waals surface area contributed by atoms with Crippen molar-refractivity contribution in [3.63, 3.8) is 0 Å². The van der Waals surface area contributed by atoms with E-state index in [1.165, 1.54) is 17.0 Å². The molecule has 0 spiro atoms. The van der Waals surface area contributed by atoms with Crippen molar-refractivity contribution < 1.29 is 18.0 Å². The number of nitrogens with one attached hydrogen (secondary N) is 1. The highest BCUT2D eigenvalue weighted by atomic mass is 35.5. The molecular weight excluding hydrogens is 582 g/mol.